The highest BCUT2D eigenvalue weighted by molar-refractivity contribution is 7.73. The van der Waals surface area contributed by atoms with E-state index < -0.39 is 28.3 Å². The molecule has 1 aromatic heterocycles. The van der Waals surface area contributed by atoms with E-state index in [0.29, 0.717) is 17.0 Å². The van der Waals surface area contributed by atoms with Gasteiger partial charge in [0.25, 0.3) is 0 Å². The van der Waals surface area contributed by atoms with Gasteiger partial charge in [-0.3, -0.25) is 5.32 Å². The first kappa shape index (κ1) is 18.3. The molecule has 0 aromatic carbocycles. The second kappa shape index (κ2) is 7.26. The number of carboxylic acids is 1. The Hall–Kier alpha value is -3.01. The second-order valence-corrected chi connectivity index (χ2v) is 6.29. The molecule has 3 N–H and O–H groups in total. The molecule has 25 heavy (non-hydrogen) atoms. The van der Waals surface area contributed by atoms with Crippen molar-refractivity contribution in [2.45, 2.75) is 26.8 Å². The summed E-state index contributed by atoms with van der Waals surface area (Å²) in [6.07, 6.45) is 2.63. The maximum atomic E-state index is 12.2. The lowest BCUT2D eigenvalue weighted by atomic mass is 9.94. The van der Waals surface area contributed by atoms with Crippen LogP contribution in [0.4, 0.5) is 10.7 Å². The van der Waals surface area contributed by atoms with Crippen molar-refractivity contribution >= 4 is 33.1 Å². The van der Waals surface area contributed by atoms with Crippen LogP contribution >= 0.6 is 0 Å². The number of urea groups is 1. The van der Waals surface area contributed by atoms with E-state index in [4.69, 9.17) is 0 Å². The fourth-order valence-corrected chi connectivity index (χ4v) is 3.09. The first-order valence-electron chi connectivity index (χ1n) is 7.17. The van der Waals surface area contributed by atoms with E-state index in [2.05, 4.69) is 20.6 Å². The minimum atomic E-state index is -2.70. The highest BCUT2D eigenvalue weighted by Gasteiger charge is 2.31. The lowest BCUT2D eigenvalue weighted by Gasteiger charge is -2.23. The number of nitrogens with zero attached hydrogens (tertiary/aromatic N) is 2. The second-order valence-electron chi connectivity index (χ2n) is 5.38. The van der Waals surface area contributed by atoms with Gasteiger partial charge in [-0.2, -0.15) is 8.42 Å². The number of aliphatic carboxylic acids is 1. The van der Waals surface area contributed by atoms with Crippen LogP contribution < -0.4 is 10.6 Å². The van der Waals surface area contributed by atoms with Crippen LogP contribution in [0.15, 0.2) is 29.4 Å². The van der Waals surface area contributed by atoms with E-state index in [1.807, 2.05) is 0 Å². The summed E-state index contributed by atoms with van der Waals surface area (Å²) in [5.74, 6) is -1.30. The molecular formula is C15H16N4O5S. The van der Waals surface area contributed by atoms with Gasteiger partial charge in [-0.25, -0.2) is 19.6 Å². The number of carboxylic acid groups (broad SMARTS) is 1. The molecule has 0 bridgehead atoms. The van der Waals surface area contributed by atoms with Crippen LogP contribution in [-0.2, 0) is 15.1 Å². The normalized spacial score (nSPS) is 16.6. The third kappa shape index (κ3) is 4.29. The van der Waals surface area contributed by atoms with Gasteiger partial charge in [0.2, 0.25) is 16.2 Å². The number of carbonyl (C=O) groups excluding carboxylic acids is 1. The Morgan fingerprint density at radius 2 is 1.72 bits per heavy atom. The summed E-state index contributed by atoms with van der Waals surface area (Å²) in [6, 6.07) is -0.414. The number of anilines is 1. The number of amides is 2. The van der Waals surface area contributed by atoms with Crippen molar-refractivity contribution in [2.24, 2.45) is 0 Å². The van der Waals surface area contributed by atoms with Gasteiger partial charge in [0.1, 0.15) is 10.9 Å². The minimum Gasteiger partial charge on any atom is -0.478 e. The van der Waals surface area contributed by atoms with Crippen LogP contribution in [-0.4, -0.2) is 46.4 Å². The van der Waals surface area contributed by atoms with Gasteiger partial charge < -0.3 is 10.4 Å². The quantitative estimate of drug-likeness (QED) is 0.668. The van der Waals surface area contributed by atoms with Crippen LogP contribution in [0.2, 0.25) is 0 Å². The minimum absolute atomic E-state index is 0.0312. The van der Waals surface area contributed by atoms with E-state index in [1.165, 1.54) is 19.1 Å². The molecule has 1 aliphatic rings. The smallest absolute Gasteiger partial charge is 0.334 e. The molecule has 2 rings (SSSR count). The molecule has 9 nitrogen and oxygen atoms in total. The summed E-state index contributed by atoms with van der Waals surface area (Å²) in [5, 5.41) is 14.0. The summed E-state index contributed by atoms with van der Waals surface area (Å²) in [7, 11) is -2.70. The van der Waals surface area contributed by atoms with Crippen LogP contribution in [0.1, 0.15) is 18.3 Å². The van der Waals surface area contributed by atoms with Crippen LogP contribution in [0, 0.1) is 13.8 Å². The number of rotatable bonds is 3. The topological polar surface area (TPSA) is 138 Å². The fourth-order valence-electron chi connectivity index (χ4n) is 2.38. The van der Waals surface area contributed by atoms with E-state index in [-0.39, 0.29) is 16.4 Å². The number of nitrogens with one attached hydrogen (secondary N) is 2. The monoisotopic (exact) mass is 364 g/mol. The molecule has 0 fully saturated rings. The molecule has 1 unspecified atom stereocenters. The lowest BCUT2D eigenvalue weighted by Crippen LogP contribution is -2.47. The zero-order valence-corrected chi connectivity index (χ0v) is 14.5. The SMILES string of the molecule is CC1=CC=C(C(=O)O)C(NC(=O)Nc2nc(C)cc(C)n2)C1=S(=O)=O. The van der Waals surface area contributed by atoms with E-state index in [9.17, 15) is 23.1 Å². The maximum absolute atomic E-state index is 12.2. The molecule has 0 radical (unpaired) electrons. The van der Waals surface area contributed by atoms with Crippen LogP contribution in [0.25, 0.3) is 0 Å². The first-order valence-corrected chi connectivity index (χ1v) is 8.24. The van der Waals surface area contributed by atoms with Crippen molar-refractivity contribution < 1.29 is 23.1 Å². The summed E-state index contributed by atoms with van der Waals surface area (Å²) in [6.45, 7) is 4.97. The van der Waals surface area contributed by atoms with Crippen molar-refractivity contribution in [3.63, 3.8) is 0 Å². The Bertz CT molecular complexity index is 918. The molecule has 0 saturated heterocycles. The molecule has 1 aliphatic carbocycles. The van der Waals surface area contributed by atoms with E-state index in [0.717, 1.165) is 0 Å². The van der Waals surface area contributed by atoms with E-state index in [1.54, 1.807) is 19.9 Å². The summed E-state index contributed by atoms with van der Waals surface area (Å²) >= 11 is 0. The van der Waals surface area contributed by atoms with E-state index >= 15 is 0 Å². The van der Waals surface area contributed by atoms with Gasteiger partial charge in [0.15, 0.2) is 0 Å². The van der Waals surface area contributed by atoms with Gasteiger partial charge in [-0.1, -0.05) is 6.08 Å². The van der Waals surface area contributed by atoms with Gasteiger partial charge in [-0.15, -0.1) is 0 Å². The fraction of sp³-hybridized carbons (Fsp3) is 0.267. The molecule has 10 heteroatoms. The third-order valence-electron chi connectivity index (χ3n) is 3.38. The highest BCUT2D eigenvalue weighted by Crippen LogP contribution is 2.17. The van der Waals surface area contributed by atoms with Gasteiger partial charge >= 0.3 is 12.0 Å². The molecular weight excluding hydrogens is 348 g/mol. The molecule has 132 valence electrons. The number of hydrogen-bond donors (Lipinski definition) is 3. The molecule has 2 amide bonds. The van der Waals surface area contributed by atoms with Crippen molar-refractivity contribution in [3.05, 3.63) is 40.8 Å². The van der Waals surface area contributed by atoms with Crippen molar-refractivity contribution in [1.82, 2.24) is 15.3 Å². The van der Waals surface area contributed by atoms with Crippen molar-refractivity contribution in [2.75, 3.05) is 5.32 Å². The number of aromatic nitrogens is 2. The largest absolute Gasteiger partial charge is 0.478 e. The number of aryl methyl sites for hydroxylation is 2. The first-order chi connectivity index (χ1) is 11.7. The third-order valence-corrected chi connectivity index (χ3v) is 4.30. The van der Waals surface area contributed by atoms with Crippen LogP contribution in [0.3, 0.4) is 0 Å². The maximum Gasteiger partial charge on any atom is 0.334 e. The Morgan fingerprint density at radius 3 is 2.24 bits per heavy atom. The average molecular weight is 364 g/mol. The average Bonchev–Trinajstić information content (AvgIpc) is 2.45. The van der Waals surface area contributed by atoms with Crippen molar-refractivity contribution in [3.8, 4) is 0 Å². The standard InChI is InChI=1S/C15H16N4O5S/c1-7-4-5-10(13(20)21)11(12(7)25(23)24)18-15(22)19-14-16-8(2)6-9(3)17-14/h4-6,11H,1-3H3,(H,20,21)(H2,16,17,18,19,22). The van der Waals surface area contributed by atoms with Crippen LogP contribution in [0.5, 0.6) is 0 Å². The Labute approximate surface area is 145 Å². The van der Waals surface area contributed by atoms with Crippen molar-refractivity contribution in [1.29, 1.82) is 0 Å². The lowest BCUT2D eigenvalue weighted by molar-refractivity contribution is -0.132. The summed E-state index contributed by atoms with van der Waals surface area (Å²) in [4.78, 5) is 31.4. The molecule has 0 spiro atoms. The zero-order chi connectivity index (χ0) is 18.7. The zero-order valence-electron chi connectivity index (χ0n) is 13.7. The molecule has 1 heterocycles. The Morgan fingerprint density at radius 1 is 1.12 bits per heavy atom. The Balaban J connectivity index is 2.30. The molecule has 1 aromatic rings. The van der Waals surface area contributed by atoms with Gasteiger partial charge in [0.05, 0.1) is 5.57 Å². The number of hydrogen-bond acceptors (Lipinski definition) is 6. The predicted octanol–water partition coefficient (Wildman–Crippen LogP) is 0.606. The van der Waals surface area contributed by atoms with Gasteiger partial charge in [-0.05, 0) is 38.5 Å². The molecule has 1 atom stereocenters. The molecule has 0 aliphatic heterocycles. The number of carbonyl (C=O) groups is 2. The Kier molecular flexibility index (Phi) is 5.32. The highest BCUT2D eigenvalue weighted by atomic mass is 32.2. The summed E-state index contributed by atoms with van der Waals surface area (Å²) < 4.78 is 23.0. The summed E-state index contributed by atoms with van der Waals surface area (Å²) in [5.41, 5.74) is 1.35. The van der Waals surface area contributed by atoms with Gasteiger partial charge in [0, 0.05) is 11.4 Å². The predicted molar refractivity (Wildman–Crippen MR) is 90.9 cm³/mol. The molecule has 0 saturated carbocycles. The number of allylic oxidation sites excluding steroid dienone is 2.